The minimum Gasteiger partial charge on any atom is -0.166 e. The minimum atomic E-state index is -4.27. The summed E-state index contributed by atoms with van der Waals surface area (Å²) in [7, 11) is 0. The first-order chi connectivity index (χ1) is 9.55. The maximum atomic E-state index is 12.4. The quantitative estimate of drug-likeness (QED) is 0.706. The van der Waals surface area contributed by atoms with Crippen LogP contribution in [-0.4, -0.2) is 0 Å². The molecule has 0 radical (unpaired) electrons. The molecule has 0 fully saturated rings. The minimum absolute atomic E-state index is 0.619. The SMILES string of the molecule is FC(F)(F)c1ccc(/C=C\SCc2ccccc2)cc1. The molecule has 2 aromatic rings. The third-order valence-corrected chi connectivity index (χ3v) is 3.52. The van der Waals surface area contributed by atoms with Crippen LogP contribution in [0.4, 0.5) is 13.2 Å². The van der Waals surface area contributed by atoms with Gasteiger partial charge in [0, 0.05) is 5.75 Å². The summed E-state index contributed by atoms with van der Waals surface area (Å²) >= 11 is 1.61. The molecule has 0 heterocycles. The van der Waals surface area contributed by atoms with Crippen molar-refractivity contribution in [3.63, 3.8) is 0 Å². The van der Waals surface area contributed by atoms with E-state index in [0.29, 0.717) is 0 Å². The summed E-state index contributed by atoms with van der Waals surface area (Å²) in [6.45, 7) is 0. The van der Waals surface area contributed by atoms with E-state index < -0.39 is 11.7 Å². The van der Waals surface area contributed by atoms with Gasteiger partial charge in [-0.1, -0.05) is 42.5 Å². The number of rotatable bonds is 4. The molecule has 0 aromatic heterocycles. The maximum Gasteiger partial charge on any atom is 0.416 e. The first-order valence-electron chi connectivity index (χ1n) is 6.05. The van der Waals surface area contributed by atoms with Crippen molar-refractivity contribution in [2.45, 2.75) is 11.9 Å². The van der Waals surface area contributed by atoms with Crippen molar-refractivity contribution >= 4 is 17.8 Å². The van der Waals surface area contributed by atoms with Gasteiger partial charge in [0.25, 0.3) is 0 Å². The van der Waals surface area contributed by atoms with Gasteiger partial charge in [-0.2, -0.15) is 13.2 Å². The summed E-state index contributed by atoms with van der Waals surface area (Å²) in [6.07, 6.45) is -2.46. The molecule has 0 aliphatic heterocycles. The summed E-state index contributed by atoms with van der Waals surface area (Å²) in [6, 6.07) is 15.2. The fourth-order valence-electron chi connectivity index (χ4n) is 1.63. The van der Waals surface area contributed by atoms with E-state index in [1.165, 1.54) is 17.7 Å². The van der Waals surface area contributed by atoms with Crippen LogP contribution in [0, 0.1) is 0 Å². The van der Waals surface area contributed by atoms with Gasteiger partial charge in [0.15, 0.2) is 0 Å². The van der Waals surface area contributed by atoms with E-state index in [-0.39, 0.29) is 0 Å². The van der Waals surface area contributed by atoms with Crippen molar-refractivity contribution < 1.29 is 13.2 Å². The first kappa shape index (κ1) is 14.7. The van der Waals surface area contributed by atoms with E-state index in [0.717, 1.165) is 23.4 Å². The van der Waals surface area contributed by atoms with Crippen molar-refractivity contribution in [2.75, 3.05) is 0 Å². The molecule has 0 spiro atoms. The highest BCUT2D eigenvalue weighted by molar-refractivity contribution is 8.01. The Labute approximate surface area is 120 Å². The van der Waals surface area contributed by atoms with Crippen molar-refractivity contribution in [1.82, 2.24) is 0 Å². The Morgan fingerprint density at radius 2 is 1.55 bits per heavy atom. The average Bonchev–Trinajstić information content (AvgIpc) is 2.44. The lowest BCUT2D eigenvalue weighted by Gasteiger charge is -2.05. The van der Waals surface area contributed by atoms with Gasteiger partial charge in [-0.25, -0.2) is 0 Å². The van der Waals surface area contributed by atoms with Crippen LogP contribution in [0.2, 0.25) is 0 Å². The molecular weight excluding hydrogens is 281 g/mol. The van der Waals surface area contributed by atoms with E-state index in [1.807, 2.05) is 41.8 Å². The number of hydrogen-bond donors (Lipinski definition) is 0. The average molecular weight is 294 g/mol. The monoisotopic (exact) mass is 294 g/mol. The molecule has 0 aliphatic rings. The molecular formula is C16H13F3S. The standard InChI is InChI=1S/C16H13F3S/c17-16(18,19)15-8-6-13(7-9-15)10-11-20-12-14-4-2-1-3-5-14/h1-11H,12H2/b11-10-. The summed E-state index contributed by atoms with van der Waals surface area (Å²) < 4.78 is 37.2. The second-order valence-corrected chi connectivity index (χ2v) is 5.11. The zero-order valence-corrected chi connectivity index (χ0v) is 11.4. The lowest BCUT2D eigenvalue weighted by Crippen LogP contribution is -2.03. The molecule has 2 rings (SSSR count). The van der Waals surface area contributed by atoms with Crippen molar-refractivity contribution in [3.05, 3.63) is 76.7 Å². The maximum absolute atomic E-state index is 12.4. The Balaban J connectivity index is 1.89. The van der Waals surface area contributed by atoms with Gasteiger partial charge in [0.1, 0.15) is 0 Å². The van der Waals surface area contributed by atoms with Gasteiger partial charge in [-0.05, 0) is 34.7 Å². The molecule has 20 heavy (non-hydrogen) atoms. The number of hydrogen-bond acceptors (Lipinski definition) is 1. The molecule has 0 N–H and O–H groups in total. The predicted molar refractivity (Wildman–Crippen MR) is 78.2 cm³/mol. The van der Waals surface area contributed by atoms with Crippen LogP contribution in [0.25, 0.3) is 6.08 Å². The van der Waals surface area contributed by atoms with E-state index in [4.69, 9.17) is 0 Å². The van der Waals surface area contributed by atoms with E-state index in [1.54, 1.807) is 11.8 Å². The normalized spacial score (nSPS) is 11.9. The van der Waals surface area contributed by atoms with Gasteiger partial charge in [-0.3, -0.25) is 0 Å². The molecule has 0 saturated carbocycles. The van der Waals surface area contributed by atoms with Gasteiger partial charge in [0.05, 0.1) is 5.56 Å². The third-order valence-electron chi connectivity index (χ3n) is 2.69. The van der Waals surface area contributed by atoms with Gasteiger partial charge < -0.3 is 0 Å². The number of halogens is 3. The predicted octanol–water partition coefficient (Wildman–Crippen LogP) is 5.61. The van der Waals surface area contributed by atoms with Crippen molar-refractivity contribution in [1.29, 1.82) is 0 Å². The molecule has 4 heteroatoms. The highest BCUT2D eigenvalue weighted by Crippen LogP contribution is 2.29. The molecule has 0 saturated heterocycles. The lowest BCUT2D eigenvalue weighted by atomic mass is 10.1. The highest BCUT2D eigenvalue weighted by Gasteiger charge is 2.29. The van der Waals surface area contributed by atoms with Gasteiger partial charge in [0.2, 0.25) is 0 Å². The van der Waals surface area contributed by atoms with Crippen LogP contribution in [0.15, 0.2) is 60.0 Å². The smallest absolute Gasteiger partial charge is 0.166 e. The summed E-state index contributed by atoms with van der Waals surface area (Å²) in [5, 5.41) is 1.90. The van der Waals surface area contributed by atoms with Crippen LogP contribution in [0.3, 0.4) is 0 Å². The summed E-state index contributed by atoms with van der Waals surface area (Å²) in [4.78, 5) is 0. The van der Waals surface area contributed by atoms with Crippen molar-refractivity contribution in [3.8, 4) is 0 Å². The second kappa shape index (κ2) is 6.66. The number of benzene rings is 2. The van der Waals surface area contributed by atoms with Crippen LogP contribution in [-0.2, 0) is 11.9 Å². The Bertz CT molecular complexity index is 557. The van der Waals surface area contributed by atoms with E-state index >= 15 is 0 Å². The topological polar surface area (TPSA) is 0 Å². The molecule has 0 aliphatic carbocycles. The Hall–Kier alpha value is -1.68. The molecule has 0 unspecified atom stereocenters. The second-order valence-electron chi connectivity index (χ2n) is 4.22. The fourth-order valence-corrected chi connectivity index (χ4v) is 2.36. The molecule has 0 bridgehead atoms. The highest BCUT2D eigenvalue weighted by atomic mass is 32.2. The summed E-state index contributed by atoms with van der Waals surface area (Å²) in [5.74, 6) is 0.845. The Morgan fingerprint density at radius 3 is 2.15 bits per heavy atom. The molecule has 2 aromatic carbocycles. The molecule has 0 atom stereocenters. The number of alkyl halides is 3. The third kappa shape index (κ3) is 4.46. The zero-order chi connectivity index (χ0) is 14.4. The van der Waals surface area contributed by atoms with E-state index in [9.17, 15) is 13.2 Å². The lowest BCUT2D eigenvalue weighted by molar-refractivity contribution is -0.137. The van der Waals surface area contributed by atoms with Crippen LogP contribution in [0.1, 0.15) is 16.7 Å². The van der Waals surface area contributed by atoms with Crippen molar-refractivity contribution in [2.24, 2.45) is 0 Å². The van der Waals surface area contributed by atoms with Gasteiger partial charge >= 0.3 is 6.18 Å². The molecule has 104 valence electrons. The number of thioether (sulfide) groups is 1. The van der Waals surface area contributed by atoms with Crippen LogP contribution >= 0.6 is 11.8 Å². The van der Waals surface area contributed by atoms with Crippen LogP contribution < -0.4 is 0 Å². The first-order valence-corrected chi connectivity index (χ1v) is 7.10. The molecule has 0 amide bonds. The Morgan fingerprint density at radius 1 is 0.900 bits per heavy atom. The van der Waals surface area contributed by atoms with E-state index in [2.05, 4.69) is 0 Å². The zero-order valence-electron chi connectivity index (χ0n) is 10.6. The largest absolute Gasteiger partial charge is 0.416 e. The fraction of sp³-hybridized carbons (Fsp3) is 0.125. The Kier molecular flexibility index (Phi) is 4.90. The summed E-state index contributed by atoms with van der Waals surface area (Å²) in [5.41, 5.74) is 1.36. The van der Waals surface area contributed by atoms with Gasteiger partial charge in [-0.15, -0.1) is 11.8 Å². The van der Waals surface area contributed by atoms with Crippen LogP contribution in [0.5, 0.6) is 0 Å². The molecule has 0 nitrogen and oxygen atoms in total.